The number of rotatable bonds is 9. The van der Waals surface area contributed by atoms with E-state index >= 15 is 0 Å². The Morgan fingerprint density at radius 3 is 2.84 bits per heavy atom. The van der Waals surface area contributed by atoms with Gasteiger partial charge in [-0.3, -0.25) is 4.99 Å². The van der Waals surface area contributed by atoms with E-state index in [0.717, 1.165) is 69.6 Å². The molecule has 0 atom stereocenters. The number of aliphatic imine (C=N–C) groups is 1. The van der Waals surface area contributed by atoms with Gasteiger partial charge in [0.2, 0.25) is 0 Å². The van der Waals surface area contributed by atoms with Crippen LogP contribution in [-0.2, 0) is 16.0 Å². The Kier molecular flexibility index (Phi) is 8.76. The van der Waals surface area contributed by atoms with Gasteiger partial charge in [-0.05, 0) is 31.1 Å². The van der Waals surface area contributed by atoms with E-state index in [2.05, 4.69) is 34.6 Å². The predicted molar refractivity (Wildman–Crippen MR) is 97.8 cm³/mol. The Morgan fingerprint density at radius 1 is 1.36 bits per heavy atom. The van der Waals surface area contributed by atoms with Crippen molar-refractivity contribution in [2.45, 2.75) is 45.6 Å². The van der Waals surface area contributed by atoms with Crippen molar-refractivity contribution in [1.82, 2.24) is 15.8 Å². The maximum absolute atomic E-state index is 5.76. The molecular formula is C18H32N4O3. The van der Waals surface area contributed by atoms with Crippen LogP contribution in [0.2, 0.25) is 0 Å². The molecule has 25 heavy (non-hydrogen) atoms. The average molecular weight is 352 g/mol. The maximum Gasteiger partial charge on any atom is 0.191 e. The van der Waals surface area contributed by atoms with E-state index in [-0.39, 0.29) is 0 Å². The van der Waals surface area contributed by atoms with Crippen molar-refractivity contribution in [2.75, 3.05) is 40.0 Å². The van der Waals surface area contributed by atoms with E-state index in [4.69, 9.17) is 14.0 Å². The summed E-state index contributed by atoms with van der Waals surface area (Å²) in [6.45, 7) is 8.95. The summed E-state index contributed by atoms with van der Waals surface area (Å²) in [5.41, 5.74) is 0.974. The Bertz CT molecular complexity index is 510. The molecule has 1 aromatic heterocycles. The van der Waals surface area contributed by atoms with Gasteiger partial charge in [-0.25, -0.2) is 0 Å². The fourth-order valence-corrected chi connectivity index (χ4v) is 2.62. The monoisotopic (exact) mass is 352 g/mol. The van der Waals surface area contributed by atoms with E-state index in [1.165, 1.54) is 0 Å². The van der Waals surface area contributed by atoms with Crippen molar-refractivity contribution in [2.24, 2.45) is 10.9 Å². The topological polar surface area (TPSA) is 80.9 Å². The molecule has 7 heteroatoms. The van der Waals surface area contributed by atoms with Gasteiger partial charge in [0.25, 0.3) is 0 Å². The first-order valence-corrected chi connectivity index (χ1v) is 9.24. The molecule has 0 aliphatic carbocycles. The summed E-state index contributed by atoms with van der Waals surface area (Å²) in [5.74, 6) is 2.60. The highest BCUT2D eigenvalue weighted by Crippen LogP contribution is 2.15. The smallest absolute Gasteiger partial charge is 0.191 e. The Morgan fingerprint density at radius 2 is 2.16 bits per heavy atom. The van der Waals surface area contributed by atoms with Crippen LogP contribution in [0.3, 0.4) is 0 Å². The lowest BCUT2D eigenvalue weighted by atomic mass is 10.0. The molecule has 0 unspecified atom stereocenters. The van der Waals surface area contributed by atoms with Crippen LogP contribution in [0.1, 0.15) is 50.5 Å². The van der Waals surface area contributed by atoms with Crippen LogP contribution in [-0.4, -0.2) is 51.1 Å². The van der Waals surface area contributed by atoms with Gasteiger partial charge in [0.05, 0.1) is 12.2 Å². The van der Waals surface area contributed by atoms with Gasteiger partial charge in [0, 0.05) is 46.1 Å². The fraction of sp³-hybridized carbons (Fsp3) is 0.778. The summed E-state index contributed by atoms with van der Waals surface area (Å²) < 4.78 is 16.4. The van der Waals surface area contributed by atoms with Crippen molar-refractivity contribution in [3.8, 4) is 0 Å². The van der Waals surface area contributed by atoms with Crippen molar-refractivity contribution in [3.05, 3.63) is 17.5 Å². The number of ether oxygens (including phenoxy) is 2. The van der Waals surface area contributed by atoms with Gasteiger partial charge in [0.15, 0.2) is 11.7 Å². The summed E-state index contributed by atoms with van der Waals surface area (Å²) in [4.78, 5) is 4.21. The number of hydrogen-bond acceptors (Lipinski definition) is 5. The maximum atomic E-state index is 5.76. The molecule has 2 rings (SSSR count). The second kappa shape index (κ2) is 11.1. The molecule has 1 fully saturated rings. The fourth-order valence-electron chi connectivity index (χ4n) is 2.62. The number of nitrogens with one attached hydrogen (secondary N) is 2. The second-order valence-corrected chi connectivity index (χ2v) is 6.71. The van der Waals surface area contributed by atoms with Crippen LogP contribution in [0.15, 0.2) is 15.6 Å². The molecular weight excluding hydrogens is 320 g/mol. The largest absolute Gasteiger partial charge is 0.381 e. The first-order valence-electron chi connectivity index (χ1n) is 9.24. The lowest BCUT2D eigenvalue weighted by Crippen LogP contribution is -2.37. The predicted octanol–water partition coefficient (Wildman–Crippen LogP) is 2.30. The average Bonchev–Trinajstić information content (AvgIpc) is 3.11. The van der Waals surface area contributed by atoms with Gasteiger partial charge in [-0.2, -0.15) is 0 Å². The Balaban J connectivity index is 1.54. The lowest BCUT2D eigenvalue weighted by molar-refractivity contribution is 0.0203. The molecule has 7 nitrogen and oxygen atoms in total. The Hall–Kier alpha value is -1.60. The van der Waals surface area contributed by atoms with Crippen molar-refractivity contribution >= 4 is 5.96 Å². The summed E-state index contributed by atoms with van der Waals surface area (Å²) in [5, 5.41) is 10.6. The first-order chi connectivity index (χ1) is 12.2. The van der Waals surface area contributed by atoms with Gasteiger partial charge in [0.1, 0.15) is 0 Å². The molecule has 1 saturated heterocycles. The number of guanidine groups is 1. The minimum absolute atomic E-state index is 0.371. The van der Waals surface area contributed by atoms with Crippen LogP contribution in [0, 0.1) is 5.92 Å². The third-order valence-electron chi connectivity index (χ3n) is 4.27. The highest BCUT2D eigenvalue weighted by atomic mass is 16.5. The molecule has 0 aromatic carbocycles. The van der Waals surface area contributed by atoms with Gasteiger partial charge < -0.3 is 24.6 Å². The highest BCUT2D eigenvalue weighted by Gasteiger charge is 2.13. The Labute approximate surface area is 150 Å². The summed E-state index contributed by atoms with van der Waals surface area (Å²) in [6.07, 6.45) is 3.19. The highest BCUT2D eigenvalue weighted by molar-refractivity contribution is 5.79. The first kappa shape index (κ1) is 19.7. The molecule has 1 aliphatic rings. The van der Waals surface area contributed by atoms with Crippen LogP contribution < -0.4 is 10.6 Å². The molecule has 142 valence electrons. The van der Waals surface area contributed by atoms with Crippen LogP contribution in [0.25, 0.3) is 0 Å². The normalized spacial score (nSPS) is 16.4. The summed E-state index contributed by atoms with van der Waals surface area (Å²) >= 11 is 0. The van der Waals surface area contributed by atoms with E-state index < -0.39 is 0 Å². The van der Waals surface area contributed by atoms with Gasteiger partial charge >= 0.3 is 0 Å². The van der Waals surface area contributed by atoms with E-state index in [9.17, 15) is 0 Å². The summed E-state index contributed by atoms with van der Waals surface area (Å²) in [6, 6.07) is 1.98. The van der Waals surface area contributed by atoms with Crippen LogP contribution >= 0.6 is 0 Å². The van der Waals surface area contributed by atoms with Gasteiger partial charge in [-0.15, -0.1) is 0 Å². The molecule has 0 bridgehead atoms. The molecule has 2 heterocycles. The minimum Gasteiger partial charge on any atom is -0.381 e. The van der Waals surface area contributed by atoms with E-state index in [0.29, 0.717) is 18.4 Å². The molecule has 1 aromatic rings. The zero-order valence-corrected chi connectivity index (χ0v) is 15.7. The number of nitrogens with zero attached hydrogens (tertiary/aromatic N) is 2. The zero-order valence-electron chi connectivity index (χ0n) is 15.7. The molecule has 0 spiro atoms. The van der Waals surface area contributed by atoms with E-state index in [1.807, 2.05) is 6.07 Å². The van der Waals surface area contributed by atoms with Crippen LogP contribution in [0.4, 0.5) is 0 Å². The zero-order chi connectivity index (χ0) is 17.9. The molecule has 1 aliphatic heterocycles. The SMILES string of the molecule is CN=C(NCCCOCC1CCOCC1)NCc1cc(C(C)C)no1. The third kappa shape index (κ3) is 7.44. The standard InChI is InChI=1S/C18H32N4O3/c1-14(2)17-11-16(25-22-17)12-21-18(19-3)20-7-4-8-24-13-15-5-9-23-10-6-15/h11,14-15H,4-10,12-13H2,1-3H3,(H2,19,20,21). The number of hydrogen-bond donors (Lipinski definition) is 2. The van der Waals surface area contributed by atoms with Crippen molar-refractivity contribution < 1.29 is 14.0 Å². The van der Waals surface area contributed by atoms with Crippen molar-refractivity contribution in [1.29, 1.82) is 0 Å². The van der Waals surface area contributed by atoms with Gasteiger partial charge in [-0.1, -0.05) is 19.0 Å². The second-order valence-electron chi connectivity index (χ2n) is 6.71. The lowest BCUT2D eigenvalue weighted by Gasteiger charge is -2.21. The van der Waals surface area contributed by atoms with Crippen LogP contribution in [0.5, 0.6) is 0 Å². The molecule has 0 amide bonds. The molecule has 0 saturated carbocycles. The number of aromatic nitrogens is 1. The quantitative estimate of drug-likeness (QED) is 0.403. The van der Waals surface area contributed by atoms with E-state index in [1.54, 1.807) is 7.05 Å². The molecule has 2 N–H and O–H groups in total. The van der Waals surface area contributed by atoms with Crippen molar-refractivity contribution in [3.63, 3.8) is 0 Å². The molecule has 0 radical (unpaired) electrons. The summed E-state index contributed by atoms with van der Waals surface area (Å²) in [7, 11) is 1.76. The third-order valence-corrected chi connectivity index (χ3v) is 4.27. The minimum atomic E-state index is 0.371.